The van der Waals surface area contributed by atoms with E-state index in [4.69, 9.17) is 9.47 Å². The summed E-state index contributed by atoms with van der Waals surface area (Å²) in [6.07, 6.45) is 0.707. The lowest BCUT2D eigenvalue weighted by molar-refractivity contribution is -0.143. The Morgan fingerprint density at radius 2 is 1.88 bits per heavy atom. The molecule has 0 aliphatic carbocycles. The molecule has 0 bridgehead atoms. The molecule has 0 saturated heterocycles. The van der Waals surface area contributed by atoms with Gasteiger partial charge in [-0.1, -0.05) is 38.1 Å². The van der Waals surface area contributed by atoms with Crippen LogP contribution >= 0.6 is 0 Å². The van der Waals surface area contributed by atoms with Gasteiger partial charge < -0.3 is 14.8 Å². The van der Waals surface area contributed by atoms with E-state index in [-0.39, 0.29) is 18.3 Å². The lowest BCUT2D eigenvalue weighted by atomic mass is 9.92. The number of ether oxygens (including phenoxy) is 2. The average molecular weight is 363 g/mol. The molecule has 0 aliphatic heterocycles. The molecule has 146 valence electrons. The Hall–Kier alpha value is -2.04. The predicted molar refractivity (Wildman–Crippen MR) is 103 cm³/mol. The van der Waals surface area contributed by atoms with Crippen LogP contribution < -0.4 is 5.32 Å². The number of carbonyl (C=O) groups excluding carboxylic acids is 2. The first-order valence-electron chi connectivity index (χ1n) is 9.32. The van der Waals surface area contributed by atoms with Crippen LogP contribution in [0.2, 0.25) is 0 Å². The number of nitrogens with one attached hydrogen (secondary N) is 1. The first-order chi connectivity index (χ1) is 12.1. The second-order valence-corrected chi connectivity index (χ2v) is 7.93. The third-order valence-corrected chi connectivity index (χ3v) is 3.68. The first kappa shape index (κ1) is 22.0. The van der Waals surface area contributed by atoms with Crippen LogP contribution in [0.1, 0.15) is 65.0 Å². The fourth-order valence-electron chi connectivity index (χ4n) is 2.70. The van der Waals surface area contributed by atoms with Gasteiger partial charge in [0.1, 0.15) is 5.60 Å². The highest BCUT2D eigenvalue weighted by molar-refractivity contribution is 5.71. The van der Waals surface area contributed by atoms with Crippen molar-refractivity contribution in [3.8, 4) is 0 Å². The van der Waals surface area contributed by atoms with Gasteiger partial charge in [-0.25, -0.2) is 4.79 Å². The Morgan fingerprint density at radius 1 is 1.19 bits per heavy atom. The Bertz CT molecular complexity index is 590. The molecule has 5 heteroatoms. The molecule has 1 rings (SSSR count). The zero-order valence-corrected chi connectivity index (χ0v) is 16.9. The number of carbonyl (C=O) groups is 2. The number of esters is 1. The van der Waals surface area contributed by atoms with Crippen LogP contribution in [0, 0.1) is 5.92 Å². The summed E-state index contributed by atoms with van der Waals surface area (Å²) in [6.45, 7) is 12.3. The van der Waals surface area contributed by atoms with Gasteiger partial charge in [0.05, 0.1) is 13.0 Å². The van der Waals surface area contributed by atoms with Crippen molar-refractivity contribution in [1.82, 2.24) is 5.32 Å². The monoisotopic (exact) mass is 363 g/mol. The average Bonchev–Trinajstić information content (AvgIpc) is 2.49. The summed E-state index contributed by atoms with van der Waals surface area (Å²) in [5.41, 5.74) is 1.69. The molecule has 0 fully saturated rings. The second-order valence-electron chi connectivity index (χ2n) is 7.93. The predicted octanol–water partition coefficient (Wildman–Crippen LogP) is 4.45. The van der Waals surface area contributed by atoms with Gasteiger partial charge in [-0.05, 0) is 51.2 Å². The van der Waals surface area contributed by atoms with Crippen molar-refractivity contribution in [2.75, 3.05) is 13.2 Å². The van der Waals surface area contributed by atoms with Crippen molar-refractivity contribution >= 4 is 12.1 Å². The minimum atomic E-state index is -0.558. The Kier molecular flexibility index (Phi) is 8.62. The molecule has 0 aromatic heterocycles. The van der Waals surface area contributed by atoms with Crippen molar-refractivity contribution in [3.05, 3.63) is 35.4 Å². The maximum atomic E-state index is 12.0. The van der Waals surface area contributed by atoms with Gasteiger partial charge in [0.15, 0.2) is 0 Å². The molecule has 5 nitrogen and oxygen atoms in total. The summed E-state index contributed by atoms with van der Waals surface area (Å²) in [4.78, 5) is 24.0. The van der Waals surface area contributed by atoms with Crippen molar-refractivity contribution in [1.29, 1.82) is 0 Å². The molecular formula is C21H33NO4. The zero-order valence-electron chi connectivity index (χ0n) is 16.9. The van der Waals surface area contributed by atoms with E-state index in [2.05, 4.69) is 31.3 Å². The van der Waals surface area contributed by atoms with Gasteiger partial charge in [-0.3, -0.25) is 4.79 Å². The number of alkyl carbamates (subject to hydrolysis) is 1. The third-order valence-electron chi connectivity index (χ3n) is 3.68. The maximum Gasteiger partial charge on any atom is 0.407 e. The molecule has 0 spiro atoms. The molecule has 1 aromatic carbocycles. The Balaban J connectivity index is 2.87. The largest absolute Gasteiger partial charge is 0.466 e. The number of rotatable bonds is 8. The summed E-state index contributed by atoms with van der Waals surface area (Å²) in [7, 11) is 0. The van der Waals surface area contributed by atoms with E-state index in [9.17, 15) is 9.59 Å². The SMILES string of the molecule is CCOC(=O)CC(CNC(=O)OC(C)(C)C)c1cccc(CC(C)C)c1. The minimum absolute atomic E-state index is 0.159. The molecule has 1 amide bonds. The van der Waals surface area contributed by atoms with E-state index in [1.54, 1.807) is 6.92 Å². The van der Waals surface area contributed by atoms with Crippen LogP contribution in [-0.4, -0.2) is 30.8 Å². The fourth-order valence-corrected chi connectivity index (χ4v) is 2.70. The summed E-state index contributed by atoms with van der Waals surface area (Å²) in [5, 5.41) is 2.78. The van der Waals surface area contributed by atoms with E-state index >= 15 is 0 Å². The lowest BCUT2D eigenvalue weighted by Gasteiger charge is -2.22. The number of hydrogen-bond donors (Lipinski definition) is 1. The highest BCUT2D eigenvalue weighted by Crippen LogP contribution is 2.22. The van der Waals surface area contributed by atoms with Crippen LogP contribution in [0.25, 0.3) is 0 Å². The van der Waals surface area contributed by atoms with Crippen LogP contribution in [0.4, 0.5) is 4.79 Å². The maximum absolute atomic E-state index is 12.0. The smallest absolute Gasteiger partial charge is 0.407 e. The number of amides is 1. The Labute approximate surface area is 157 Å². The highest BCUT2D eigenvalue weighted by Gasteiger charge is 2.21. The summed E-state index contributed by atoms with van der Waals surface area (Å²) < 4.78 is 10.4. The van der Waals surface area contributed by atoms with Crippen LogP contribution in [-0.2, 0) is 20.7 Å². The van der Waals surface area contributed by atoms with Crippen molar-refractivity contribution in [2.45, 2.75) is 65.9 Å². The topological polar surface area (TPSA) is 64.6 Å². The van der Waals surface area contributed by atoms with Gasteiger partial charge in [0.2, 0.25) is 0 Å². The third kappa shape index (κ3) is 8.88. The van der Waals surface area contributed by atoms with Crippen molar-refractivity contribution in [2.24, 2.45) is 5.92 Å². The fraction of sp³-hybridized carbons (Fsp3) is 0.619. The van der Waals surface area contributed by atoms with Gasteiger partial charge >= 0.3 is 12.1 Å². The summed E-state index contributed by atoms with van der Waals surface area (Å²) in [5.74, 6) is 0.125. The quantitative estimate of drug-likeness (QED) is 0.693. The van der Waals surface area contributed by atoms with Crippen LogP contribution in [0.5, 0.6) is 0 Å². The minimum Gasteiger partial charge on any atom is -0.466 e. The van der Waals surface area contributed by atoms with E-state index < -0.39 is 11.7 Å². The second kappa shape index (κ2) is 10.2. The molecule has 0 saturated carbocycles. The van der Waals surface area contributed by atoms with Crippen LogP contribution in [0.15, 0.2) is 24.3 Å². The van der Waals surface area contributed by atoms with Gasteiger partial charge in [0.25, 0.3) is 0 Å². The van der Waals surface area contributed by atoms with E-state index in [1.165, 1.54) is 5.56 Å². The zero-order chi connectivity index (χ0) is 19.7. The van der Waals surface area contributed by atoms with Gasteiger partial charge in [-0.15, -0.1) is 0 Å². The molecule has 1 unspecified atom stereocenters. The van der Waals surface area contributed by atoms with E-state index in [0.717, 1.165) is 12.0 Å². The molecule has 0 aliphatic rings. The number of benzene rings is 1. The summed E-state index contributed by atoms with van der Waals surface area (Å²) >= 11 is 0. The molecule has 1 aromatic rings. The van der Waals surface area contributed by atoms with Crippen LogP contribution in [0.3, 0.4) is 0 Å². The molecular weight excluding hydrogens is 330 g/mol. The van der Waals surface area contributed by atoms with Gasteiger partial charge in [0, 0.05) is 12.5 Å². The van der Waals surface area contributed by atoms with Gasteiger partial charge in [-0.2, -0.15) is 0 Å². The van der Waals surface area contributed by atoms with Crippen molar-refractivity contribution < 1.29 is 19.1 Å². The number of hydrogen-bond acceptors (Lipinski definition) is 4. The highest BCUT2D eigenvalue weighted by atomic mass is 16.6. The van der Waals surface area contributed by atoms with Crippen molar-refractivity contribution in [3.63, 3.8) is 0 Å². The first-order valence-corrected chi connectivity index (χ1v) is 9.32. The molecule has 1 atom stereocenters. The lowest BCUT2D eigenvalue weighted by Crippen LogP contribution is -2.35. The van der Waals surface area contributed by atoms with E-state index in [1.807, 2.05) is 32.9 Å². The summed E-state index contributed by atoms with van der Waals surface area (Å²) in [6, 6.07) is 8.19. The normalized spacial score (nSPS) is 12.6. The van der Waals surface area contributed by atoms with E-state index in [0.29, 0.717) is 19.1 Å². The molecule has 0 radical (unpaired) electrons. The Morgan fingerprint density at radius 3 is 2.46 bits per heavy atom. The molecule has 0 heterocycles. The molecule has 26 heavy (non-hydrogen) atoms. The molecule has 1 N–H and O–H groups in total. The standard InChI is InChI=1S/C21H33NO4/c1-7-25-19(23)13-18(14-22-20(24)26-21(4,5)6)17-10-8-9-16(12-17)11-15(2)3/h8-10,12,15,18H,7,11,13-14H2,1-6H3,(H,22,24).